The van der Waals surface area contributed by atoms with E-state index in [2.05, 4.69) is 369 Å². The lowest BCUT2D eigenvalue weighted by molar-refractivity contribution is -0.109. The molecule has 0 unspecified atom stereocenters. The second-order valence-electron chi connectivity index (χ2n) is 29.7. The number of carbonyl (C=O) groups is 1. The minimum atomic E-state index is 0.0499. The number of aryl methyl sites for hydroxylation is 5. The van der Waals surface area contributed by atoms with Crippen molar-refractivity contribution in [3.63, 3.8) is 0 Å². The summed E-state index contributed by atoms with van der Waals surface area (Å²) < 4.78 is 0. The van der Waals surface area contributed by atoms with E-state index in [0.717, 1.165) is 217 Å². The quantitative estimate of drug-likeness (QED) is 0.0841. The number of thioether (sulfide) groups is 1. The molecule has 4 aliphatic heterocycles. The van der Waals surface area contributed by atoms with E-state index in [1.807, 2.05) is 24.3 Å². The van der Waals surface area contributed by atoms with Gasteiger partial charge in [0, 0.05) is 123 Å². The smallest absolute Gasteiger partial charge is 0.190 e. The number of aromatic nitrogens is 8. The monoisotopic (exact) mass is 1490 g/mol. The molecule has 19 rings (SSSR count). The van der Waals surface area contributed by atoms with Crippen LogP contribution in [0.1, 0.15) is 103 Å². The summed E-state index contributed by atoms with van der Waals surface area (Å²) in [5, 5.41) is 0.0499. The van der Waals surface area contributed by atoms with Gasteiger partial charge in [-0.2, -0.15) is 0 Å². The SMILES string of the molecule is CC(=O)Sc1ccc(C#Cc2ccc(-c3c4nc(c(-c5ccc(C)cc5)c5ccc([nH]5)c(-c5ccc(C#Cc6ccc(-c7c8nc(c(-c9ccc(C)cc9)c9ccc([nH]9)c(-c9ccc(C)cc9)c9nc(c(-c%10ccc(C)cc%10)c%10ccc7[nH]%10)C=C9)C=C8)cc6)cc5)c5nc(c(-c6ccc(C)cc6)c6ccc3[nH]6)C=C5)C=C4)cc2)cc1. The summed E-state index contributed by atoms with van der Waals surface area (Å²) in [6.45, 7) is 12.2. The molecule has 0 aliphatic carbocycles. The second kappa shape index (κ2) is 29.9. The van der Waals surface area contributed by atoms with Gasteiger partial charge in [-0.25, -0.2) is 19.9 Å². The molecule has 10 heterocycles. The van der Waals surface area contributed by atoms with Crippen LogP contribution in [0, 0.1) is 58.3 Å². The normalized spacial score (nSPS) is 11.9. The highest BCUT2D eigenvalue weighted by atomic mass is 32.2. The Morgan fingerprint density at radius 1 is 0.226 bits per heavy atom. The summed E-state index contributed by atoms with van der Waals surface area (Å²) in [5.74, 6) is 13.8. The van der Waals surface area contributed by atoms with Gasteiger partial charge >= 0.3 is 0 Å². The number of carbonyl (C=O) groups excluding carboxylic acids is 1. The van der Waals surface area contributed by atoms with Crippen molar-refractivity contribution in [2.45, 2.75) is 46.4 Å². The molecule has 6 aromatic heterocycles. The Labute approximate surface area is 671 Å². The lowest BCUT2D eigenvalue weighted by Crippen LogP contribution is -1.90. The Morgan fingerprint density at radius 2 is 0.383 bits per heavy atom. The molecule has 9 aromatic carbocycles. The van der Waals surface area contributed by atoms with Crippen LogP contribution in [0.3, 0.4) is 0 Å². The summed E-state index contributed by atoms with van der Waals surface area (Å²) >= 11 is 1.22. The van der Waals surface area contributed by atoms with Crippen molar-refractivity contribution in [1.29, 1.82) is 0 Å². The number of fused-ring (bicyclic) bond motifs is 16. The van der Waals surface area contributed by atoms with Crippen molar-refractivity contribution < 1.29 is 4.79 Å². The molecule has 0 amide bonds. The average molecular weight is 1500 g/mol. The molecule has 0 spiro atoms. The van der Waals surface area contributed by atoms with Gasteiger partial charge in [-0.1, -0.05) is 221 Å². The van der Waals surface area contributed by atoms with Crippen LogP contribution in [-0.4, -0.2) is 45.0 Å². The first kappa shape index (κ1) is 70.7. The van der Waals surface area contributed by atoms with Crippen LogP contribution < -0.4 is 0 Å². The number of hydrogen-bond acceptors (Lipinski definition) is 6. The van der Waals surface area contributed by atoms with Crippen molar-refractivity contribution in [3.05, 3.63) is 363 Å². The minimum Gasteiger partial charge on any atom is -0.354 e. The first-order valence-electron chi connectivity index (χ1n) is 38.6. The predicted molar refractivity (Wildman–Crippen MR) is 480 cm³/mol. The number of hydrogen-bond donors (Lipinski definition) is 4. The minimum absolute atomic E-state index is 0.0499. The van der Waals surface area contributed by atoms with Crippen LogP contribution in [0.2, 0.25) is 0 Å². The largest absolute Gasteiger partial charge is 0.354 e. The molecule has 4 N–H and O–H groups in total. The van der Waals surface area contributed by atoms with Crippen LogP contribution in [0.15, 0.2) is 272 Å². The second-order valence-corrected chi connectivity index (χ2v) is 30.9. The summed E-state index contributed by atoms with van der Waals surface area (Å²) in [6, 6.07) is 94.1. The van der Waals surface area contributed by atoms with Gasteiger partial charge in [0.1, 0.15) is 0 Å². The lowest BCUT2D eigenvalue weighted by Gasteiger charge is -2.08. The van der Waals surface area contributed by atoms with E-state index in [9.17, 15) is 4.79 Å². The van der Waals surface area contributed by atoms with Gasteiger partial charge in [-0.3, -0.25) is 4.79 Å². The Bertz CT molecular complexity index is 7010. The topological polar surface area (TPSA) is 132 Å². The van der Waals surface area contributed by atoms with Gasteiger partial charge < -0.3 is 19.9 Å². The fourth-order valence-corrected chi connectivity index (χ4v) is 16.3. The molecular weight excluding hydrogens is 1420 g/mol. The van der Waals surface area contributed by atoms with Crippen molar-refractivity contribution in [3.8, 4) is 113 Å². The molecular formula is C105H74N8OS. The zero-order valence-electron chi connectivity index (χ0n) is 64.1. The zero-order valence-corrected chi connectivity index (χ0v) is 64.9. The van der Waals surface area contributed by atoms with Gasteiger partial charge in [0.15, 0.2) is 5.12 Å². The maximum Gasteiger partial charge on any atom is 0.190 e. The molecule has 0 fully saturated rings. The zero-order chi connectivity index (χ0) is 77.8. The van der Waals surface area contributed by atoms with Gasteiger partial charge in [0.25, 0.3) is 0 Å². The lowest BCUT2D eigenvalue weighted by atomic mass is 10.0. The highest BCUT2D eigenvalue weighted by Crippen LogP contribution is 2.43. The Hall–Kier alpha value is -14.7. The van der Waals surface area contributed by atoms with Gasteiger partial charge in [0.2, 0.25) is 0 Å². The van der Waals surface area contributed by atoms with Crippen molar-refractivity contribution in [2.75, 3.05) is 0 Å². The number of rotatable bonds is 9. The summed E-state index contributed by atoms with van der Waals surface area (Å²) in [6.07, 6.45) is 17.1. The molecule has 0 radical (unpaired) electrons. The van der Waals surface area contributed by atoms with Crippen molar-refractivity contribution >= 4 is 110 Å². The third-order valence-corrected chi connectivity index (χ3v) is 22.3. The molecule has 16 bridgehead atoms. The standard InChI is InChI=1S/C105H74N8OS/c1-63-7-29-73(30-8-63)98-82-47-49-84(106-82)99(74-31-9-64(2)10-32-74)86-51-57-92(108-86)103(93-58-52-87(109-93)100(85-50-48-83(98)107-85)75-33-11-65(3)12-34-75)78-39-21-69(22-40-78)17-18-70-23-41-79(42-24-70)104-94-59-53-88(110-94)101(76-35-13-66(4)14-36-76)90-55-61-96(112-90)105(80-43-25-71(26-44-80)19-20-72-27-45-81(46-28-72)115-68(6)114)97-62-56-91(113-97)102(89-54-60-95(104)111-89)77-37-15-67(5)16-38-77/h7-16,21-62,106,109-110,113H,1-6H3. The molecule has 0 atom stereocenters. The van der Waals surface area contributed by atoms with Crippen molar-refractivity contribution in [2.24, 2.45) is 0 Å². The Morgan fingerprint density at radius 3 is 0.548 bits per heavy atom. The molecule has 4 aliphatic rings. The summed E-state index contributed by atoms with van der Waals surface area (Å²) in [4.78, 5) is 50.7. The van der Waals surface area contributed by atoms with Crippen LogP contribution in [0.4, 0.5) is 0 Å². The van der Waals surface area contributed by atoms with Crippen LogP contribution in [-0.2, 0) is 4.79 Å². The average Bonchev–Trinajstić information content (AvgIpc) is 1.62. The van der Waals surface area contributed by atoms with E-state index in [1.54, 1.807) is 6.92 Å². The van der Waals surface area contributed by atoms with Crippen LogP contribution in [0.25, 0.3) is 182 Å². The van der Waals surface area contributed by atoms with Gasteiger partial charge in [-0.05, 0) is 237 Å². The maximum atomic E-state index is 11.7. The number of H-pyrrole nitrogens is 4. The van der Waals surface area contributed by atoms with E-state index < -0.39 is 0 Å². The van der Waals surface area contributed by atoms with E-state index in [1.165, 1.54) is 28.5 Å². The molecule has 115 heavy (non-hydrogen) atoms. The third-order valence-electron chi connectivity index (χ3n) is 21.5. The fourth-order valence-electron chi connectivity index (χ4n) is 15.7. The summed E-state index contributed by atoms with van der Waals surface area (Å²) in [5.41, 5.74) is 39.4. The molecule has 15 aromatic rings. The van der Waals surface area contributed by atoms with Crippen LogP contribution >= 0.6 is 11.8 Å². The molecule has 10 heteroatoms. The molecule has 9 nitrogen and oxygen atoms in total. The van der Waals surface area contributed by atoms with Gasteiger partial charge in [0.05, 0.1) is 45.6 Å². The fraction of sp³-hybridized carbons (Fsp3) is 0.0571. The Kier molecular flexibility index (Phi) is 18.4. The first-order valence-corrected chi connectivity index (χ1v) is 39.4. The van der Waals surface area contributed by atoms with Crippen LogP contribution in [0.5, 0.6) is 0 Å². The van der Waals surface area contributed by atoms with E-state index in [0.29, 0.717) is 0 Å². The van der Waals surface area contributed by atoms with E-state index >= 15 is 0 Å². The molecule has 0 saturated carbocycles. The predicted octanol–water partition coefficient (Wildman–Crippen LogP) is 25.9. The summed E-state index contributed by atoms with van der Waals surface area (Å²) in [7, 11) is 0. The number of benzene rings is 9. The maximum absolute atomic E-state index is 11.7. The van der Waals surface area contributed by atoms with Gasteiger partial charge in [-0.15, -0.1) is 0 Å². The van der Waals surface area contributed by atoms with E-state index in [4.69, 9.17) is 19.9 Å². The molecule has 546 valence electrons. The Balaban J connectivity index is 0.720. The first-order chi connectivity index (χ1) is 56.3. The number of nitrogens with one attached hydrogen (secondary N) is 4. The van der Waals surface area contributed by atoms with E-state index in [-0.39, 0.29) is 5.12 Å². The molecule has 0 saturated heterocycles. The highest BCUT2D eigenvalue weighted by molar-refractivity contribution is 8.13. The number of nitrogens with zero attached hydrogens (tertiary/aromatic N) is 4. The highest BCUT2D eigenvalue weighted by Gasteiger charge is 2.23. The third kappa shape index (κ3) is 14.2. The van der Waals surface area contributed by atoms with Crippen molar-refractivity contribution in [1.82, 2.24) is 39.9 Å². The number of aromatic amines is 4.